The number of carbonyl (C=O) groups excluding carboxylic acids is 1. The molecule has 0 bridgehead atoms. The summed E-state index contributed by atoms with van der Waals surface area (Å²) in [6.07, 6.45) is 2.39. The monoisotopic (exact) mass is 413 g/mol. The number of thiophene rings is 1. The zero-order valence-corrected chi connectivity index (χ0v) is 14.6. The molecule has 1 saturated heterocycles. The van der Waals surface area contributed by atoms with Crippen LogP contribution in [0.4, 0.5) is 5.69 Å². The van der Waals surface area contributed by atoms with Gasteiger partial charge in [-0.1, -0.05) is 18.2 Å². The van der Waals surface area contributed by atoms with E-state index in [0.29, 0.717) is 12.6 Å². The van der Waals surface area contributed by atoms with Gasteiger partial charge in [0.2, 0.25) is 0 Å². The van der Waals surface area contributed by atoms with Gasteiger partial charge in [0.05, 0.1) is 17.1 Å². The van der Waals surface area contributed by atoms with E-state index in [0.717, 1.165) is 15.8 Å². The Bertz CT molecular complexity index is 614. The van der Waals surface area contributed by atoms with Gasteiger partial charge in [0.15, 0.2) is 6.54 Å². The highest BCUT2D eigenvalue weighted by molar-refractivity contribution is 14.1. The lowest BCUT2D eigenvalue weighted by Gasteiger charge is -2.20. The molecule has 0 saturated carbocycles. The molecular formula is C16H18IN2OS+. The number of hydrogen-bond donors (Lipinski definition) is 2. The third kappa shape index (κ3) is 3.64. The highest BCUT2D eigenvalue weighted by Crippen LogP contribution is 2.23. The number of amides is 1. The maximum absolute atomic E-state index is 12.3. The van der Waals surface area contributed by atoms with E-state index in [1.54, 1.807) is 11.3 Å². The van der Waals surface area contributed by atoms with Gasteiger partial charge in [0.25, 0.3) is 5.91 Å². The largest absolute Gasteiger partial charge is 0.320 e. The number of nitrogens with one attached hydrogen (secondary N) is 2. The molecule has 0 spiro atoms. The third-order valence-corrected chi connectivity index (χ3v) is 5.83. The van der Waals surface area contributed by atoms with Crippen LogP contribution in [0.25, 0.3) is 0 Å². The Morgan fingerprint density at radius 3 is 2.95 bits per heavy atom. The van der Waals surface area contributed by atoms with Crippen LogP contribution in [0, 0.1) is 3.57 Å². The van der Waals surface area contributed by atoms with Crippen LogP contribution in [0.3, 0.4) is 0 Å². The minimum atomic E-state index is 0.109. The second-order valence-electron chi connectivity index (χ2n) is 5.32. The fourth-order valence-corrected chi connectivity index (χ4v) is 4.36. The molecule has 2 N–H and O–H groups in total. The number of quaternary nitrogens is 1. The number of benzene rings is 1. The van der Waals surface area contributed by atoms with Crippen LogP contribution in [0.5, 0.6) is 0 Å². The van der Waals surface area contributed by atoms with E-state index < -0.39 is 0 Å². The van der Waals surface area contributed by atoms with Crippen LogP contribution in [-0.2, 0) is 4.79 Å². The Balaban J connectivity index is 1.63. The predicted octanol–water partition coefficient (Wildman–Crippen LogP) is 2.71. The minimum Gasteiger partial charge on any atom is -0.320 e. The van der Waals surface area contributed by atoms with E-state index in [9.17, 15) is 4.79 Å². The Hall–Kier alpha value is -0.920. The van der Waals surface area contributed by atoms with Gasteiger partial charge in [-0.15, -0.1) is 11.3 Å². The maximum atomic E-state index is 12.3. The van der Waals surface area contributed by atoms with Gasteiger partial charge < -0.3 is 10.2 Å². The van der Waals surface area contributed by atoms with Crippen LogP contribution in [0.2, 0.25) is 0 Å². The summed E-state index contributed by atoms with van der Waals surface area (Å²) in [7, 11) is 0. The molecule has 1 aliphatic heterocycles. The van der Waals surface area contributed by atoms with Crippen molar-refractivity contribution in [2.75, 3.05) is 18.4 Å². The van der Waals surface area contributed by atoms with E-state index in [1.807, 2.05) is 24.3 Å². The molecule has 0 radical (unpaired) electrons. The van der Waals surface area contributed by atoms with Crippen molar-refractivity contribution in [3.8, 4) is 0 Å². The van der Waals surface area contributed by atoms with Crippen LogP contribution in [0.1, 0.15) is 23.8 Å². The van der Waals surface area contributed by atoms with Gasteiger partial charge in [-0.3, -0.25) is 4.79 Å². The molecule has 1 fully saturated rings. The summed E-state index contributed by atoms with van der Waals surface area (Å²) in [4.78, 5) is 15.1. The Morgan fingerprint density at radius 2 is 2.19 bits per heavy atom. The smallest absolute Gasteiger partial charge is 0.279 e. The highest BCUT2D eigenvalue weighted by atomic mass is 127. The maximum Gasteiger partial charge on any atom is 0.279 e. The van der Waals surface area contributed by atoms with Crippen molar-refractivity contribution in [3.63, 3.8) is 0 Å². The van der Waals surface area contributed by atoms with Crippen LogP contribution in [-0.4, -0.2) is 19.0 Å². The van der Waals surface area contributed by atoms with Crippen molar-refractivity contribution in [1.29, 1.82) is 0 Å². The molecule has 0 aliphatic carbocycles. The summed E-state index contributed by atoms with van der Waals surface area (Å²) in [6.45, 7) is 1.63. The summed E-state index contributed by atoms with van der Waals surface area (Å²) in [5.41, 5.74) is 0.911. The average Bonchev–Trinajstić information content (AvgIpc) is 3.11. The lowest BCUT2D eigenvalue weighted by molar-refractivity contribution is -0.910. The lowest BCUT2D eigenvalue weighted by Crippen LogP contribution is -3.11. The molecule has 3 rings (SSSR count). The van der Waals surface area contributed by atoms with Gasteiger partial charge >= 0.3 is 0 Å². The van der Waals surface area contributed by atoms with Crippen LogP contribution >= 0.6 is 33.9 Å². The fourth-order valence-electron chi connectivity index (χ4n) is 2.92. The molecule has 1 amide bonds. The average molecular weight is 413 g/mol. The number of para-hydroxylation sites is 1. The molecule has 3 nitrogen and oxygen atoms in total. The topological polar surface area (TPSA) is 33.5 Å². The van der Waals surface area contributed by atoms with Gasteiger partial charge in [-0.05, 0) is 46.2 Å². The molecule has 2 atom stereocenters. The van der Waals surface area contributed by atoms with Crippen molar-refractivity contribution < 1.29 is 9.69 Å². The molecule has 110 valence electrons. The molecule has 2 heterocycles. The SMILES string of the molecule is O=C(C[NH+]1CCC[C@H]1c1cccs1)Nc1ccccc1I. The number of halogens is 1. The molecule has 5 heteroatoms. The first-order valence-electron chi connectivity index (χ1n) is 7.16. The molecular weight excluding hydrogens is 395 g/mol. The quantitative estimate of drug-likeness (QED) is 0.743. The Morgan fingerprint density at radius 1 is 1.33 bits per heavy atom. The van der Waals surface area contributed by atoms with E-state index in [-0.39, 0.29) is 5.91 Å². The molecule has 21 heavy (non-hydrogen) atoms. The van der Waals surface area contributed by atoms with Crippen molar-refractivity contribution in [2.24, 2.45) is 0 Å². The summed E-state index contributed by atoms with van der Waals surface area (Å²) in [5.74, 6) is 0.109. The zero-order chi connectivity index (χ0) is 14.7. The van der Waals surface area contributed by atoms with Crippen LogP contribution < -0.4 is 10.2 Å². The van der Waals surface area contributed by atoms with E-state index in [1.165, 1.54) is 22.6 Å². The molecule has 2 aromatic rings. The van der Waals surface area contributed by atoms with Crippen LogP contribution in [0.15, 0.2) is 41.8 Å². The number of rotatable bonds is 4. The molecule has 1 aliphatic rings. The number of carbonyl (C=O) groups is 1. The standard InChI is InChI=1S/C16H17IN2OS/c17-12-5-1-2-6-13(12)18-16(20)11-19-9-3-7-14(19)15-8-4-10-21-15/h1-2,4-6,8,10,14H,3,7,9,11H2,(H,18,20)/p+1/t14-/m0/s1. The summed E-state index contributed by atoms with van der Waals surface area (Å²) in [5, 5.41) is 5.16. The second-order valence-corrected chi connectivity index (χ2v) is 7.46. The highest BCUT2D eigenvalue weighted by Gasteiger charge is 2.32. The normalized spacial score (nSPS) is 21.4. The lowest BCUT2D eigenvalue weighted by atomic mass is 10.2. The van der Waals surface area contributed by atoms with Crippen molar-refractivity contribution >= 4 is 45.5 Å². The minimum absolute atomic E-state index is 0.109. The molecule has 1 aromatic heterocycles. The predicted molar refractivity (Wildman–Crippen MR) is 94.8 cm³/mol. The summed E-state index contributed by atoms with van der Waals surface area (Å²) >= 11 is 4.05. The van der Waals surface area contributed by atoms with Gasteiger partial charge in [0.1, 0.15) is 6.04 Å². The summed E-state index contributed by atoms with van der Waals surface area (Å²) < 4.78 is 1.08. The Labute approximate surface area is 142 Å². The van der Waals surface area contributed by atoms with Crippen molar-refractivity contribution in [2.45, 2.75) is 18.9 Å². The first kappa shape index (κ1) is 15.0. The Kier molecular flexibility index (Phi) is 4.92. The van der Waals surface area contributed by atoms with Crippen molar-refractivity contribution in [3.05, 3.63) is 50.2 Å². The number of likely N-dealkylation sites (tertiary alicyclic amines) is 1. The third-order valence-electron chi connectivity index (χ3n) is 3.91. The fraction of sp³-hybridized carbons (Fsp3) is 0.312. The van der Waals surface area contributed by atoms with E-state index in [2.05, 4.69) is 45.4 Å². The number of hydrogen-bond acceptors (Lipinski definition) is 2. The van der Waals surface area contributed by atoms with E-state index in [4.69, 9.17) is 0 Å². The molecule has 1 unspecified atom stereocenters. The first-order chi connectivity index (χ1) is 10.2. The molecule has 1 aromatic carbocycles. The second kappa shape index (κ2) is 6.89. The first-order valence-corrected chi connectivity index (χ1v) is 9.12. The van der Waals surface area contributed by atoms with E-state index >= 15 is 0 Å². The number of anilines is 1. The van der Waals surface area contributed by atoms with Gasteiger partial charge in [-0.25, -0.2) is 0 Å². The van der Waals surface area contributed by atoms with Gasteiger partial charge in [0, 0.05) is 16.4 Å². The zero-order valence-electron chi connectivity index (χ0n) is 11.6. The van der Waals surface area contributed by atoms with Crippen molar-refractivity contribution in [1.82, 2.24) is 0 Å². The summed E-state index contributed by atoms with van der Waals surface area (Å²) in [6, 6.07) is 12.7. The van der Waals surface area contributed by atoms with Gasteiger partial charge in [-0.2, -0.15) is 0 Å².